The maximum absolute atomic E-state index is 11.9. The van der Waals surface area contributed by atoms with Gasteiger partial charge in [-0.15, -0.1) is 5.92 Å². The van der Waals surface area contributed by atoms with Crippen LogP contribution in [0.2, 0.25) is 0 Å². The fourth-order valence-electron chi connectivity index (χ4n) is 6.48. The number of carbonyl (C=O) groups excluding carboxylic acids is 1. The standard InChI is InChI=1S/C32H53NO3/c1-2-28(29-15-9-6-10-16-29)14-8-5-11-18-31-20-13-19-30(31)17-7-3-4-12-21-32(34)36-27-24-33-22-25-35-26-23-33/h3,7,28-31H,2,4-6,8-10,12-17,19-27H2,1H3/t28?,30-,31-/m0/s1. The number of carbonyl (C=O) groups is 1. The molecule has 1 saturated heterocycles. The lowest BCUT2D eigenvalue weighted by Gasteiger charge is -2.29. The summed E-state index contributed by atoms with van der Waals surface area (Å²) in [5, 5.41) is 0. The van der Waals surface area contributed by atoms with Crippen LogP contribution in [0.3, 0.4) is 0 Å². The highest BCUT2D eigenvalue weighted by Gasteiger charge is 2.24. The second kappa shape index (κ2) is 18.0. The number of ether oxygens (including phenoxy) is 2. The van der Waals surface area contributed by atoms with Crippen molar-refractivity contribution in [3.05, 3.63) is 12.2 Å². The van der Waals surface area contributed by atoms with Gasteiger partial charge in [0.25, 0.3) is 0 Å². The molecule has 204 valence electrons. The van der Waals surface area contributed by atoms with Gasteiger partial charge in [-0.05, 0) is 62.7 Å². The Bertz CT molecular complexity index is 681. The quantitative estimate of drug-likeness (QED) is 0.110. The van der Waals surface area contributed by atoms with Gasteiger partial charge in [-0.3, -0.25) is 9.69 Å². The van der Waals surface area contributed by atoms with E-state index < -0.39 is 0 Å². The van der Waals surface area contributed by atoms with Gasteiger partial charge in [0.05, 0.1) is 13.2 Å². The zero-order valence-corrected chi connectivity index (χ0v) is 23.2. The van der Waals surface area contributed by atoms with Gasteiger partial charge >= 0.3 is 5.97 Å². The van der Waals surface area contributed by atoms with E-state index in [9.17, 15) is 4.79 Å². The predicted molar refractivity (Wildman–Crippen MR) is 149 cm³/mol. The molecule has 4 nitrogen and oxygen atoms in total. The van der Waals surface area contributed by atoms with Gasteiger partial charge in [0, 0.05) is 38.4 Å². The summed E-state index contributed by atoms with van der Waals surface area (Å²) in [4.78, 5) is 14.2. The number of unbranched alkanes of at least 4 members (excludes halogenated alkanes) is 2. The van der Waals surface area contributed by atoms with Crippen LogP contribution in [0.15, 0.2) is 12.2 Å². The second-order valence-electron chi connectivity index (χ2n) is 11.4. The molecule has 3 aliphatic rings. The molecule has 2 saturated carbocycles. The monoisotopic (exact) mass is 499 g/mol. The van der Waals surface area contributed by atoms with E-state index in [-0.39, 0.29) is 5.97 Å². The molecule has 3 fully saturated rings. The minimum Gasteiger partial charge on any atom is -0.464 e. The third kappa shape index (κ3) is 11.4. The Labute approximate surface area is 221 Å². The van der Waals surface area contributed by atoms with Crippen molar-refractivity contribution in [1.82, 2.24) is 4.90 Å². The molecule has 3 rings (SSSR count). The first-order chi connectivity index (χ1) is 17.8. The second-order valence-corrected chi connectivity index (χ2v) is 11.4. The Hall–Kier alpha value is -1.31. The summed E-state index contributed by atoms with van der Waals surface area (Å²) in [7, 11) is 0. The first-order valence-corrected chi connectivity index (χ1v) is 15.4. The molecule has 36 heavy (non-hydrogen) atoms. The summed E-state index contributed by atoms with van der Waals surface area (Å²) < 4.78 is 10.7. The Kier molecular flexibility index (Phi) is 14.6. The molecule has 1 heterocycles. The summed E-state index contributed by atoms with van der Waals surface area (Å²) in [6.07, 6.45) is 24.5. The molecule has 0 N–H and O–H groups in total. The Morgan fingerprint density at radius 3 is 2.69 bits per heavy atom. The fraction of sp³-hybridized carbons (Fsp3) is 0.844. The van der Waals surface area contributed by atoms with Gasteiger partial charge in [0.1, 0.15) is 6.61 Å². The van der Waals surface area contributed by atoms with Crippen LogP contribution >= 0.6 is 0 Å². The van der Waals surface area contributed by atoms with E-state index in [0.29, 0.717) is 18.9 Å². The minimum atomic E-state index is -0.0632. The van der Waals surface area contributed by atoms with Crippen molar-refractivity contribution in [3.8, 4) is 11.8 Å². The molecular weight excluding hydrogens is 446 g/mol. The van der Waals surface area contributed by atoms with Crippen LogP contribution in [-0.2, 0) is 14.3 Å². The first kappa shape index (κ1) is 29.2. The maximum Gasteiger partial charge on any atom is 0.305 e. The van der Waals surface area contributed by atoms with Crippen LogP contribution in [0.1, 0.15) is 110 Å². The molecule has 0 aromatic carbocycles. The molecule has 1 unspecified atom stereocenters. The van der Waals surface area contributed by atoms with Crippen LogP contribution in [0.25, 0.3) is 0 Å². The molecule has 0 bridgehead atoms. The number of esters is 1. The van der Waals surface area contributed by atoms with E-state index in [2.05, 4.69) is 35.8 Å². The SMILES string of the molecule is CCC(CCCC#C[C@H]1CCC[C@@H]1CC=CCCCC(=O)OCCN1CCOCC1)C1CCCCC1. The van der Waals surface area contributed by atoms with E-state index in [1.54, 1.807) is 0 Å². The van der Waals surface area contributed by atoms with E-state index in [0.717, 1.165) is 76.3 Å². The molecule has 0 amide bonds. The fourth-order valence-corrected chi connectivity index (χ4v) is 6.48. The predicted octanol–water partition coefficient (Wildman–Crippen LogP) is 7.17. The van der Waals surface area contributed by atoms with Gasteiger partial charge in [0.15, 0.2) is 0 Å². The third-order valence-corrected chi connectivity index (χ3v) is 8.80. The summed E-state index contributed by atoms with van der Waals surface area (Å²) in [6.45, 7) is 7.16. The lowest BCUT2D eigenvalue weighted by atomic mass is 9.77. The van der Waals surface area contributed by atoms with Crippen molar-refractivity contribution in [2.75, 3.05) is 39.5 Å². The third-order valence-electron chi connectivity index (χ3n) is 8.80. The van der Waals surface area contributed by atoms with Crippen LogP contribution in [0.5, 0.6) is 0 Å². The number of morpholine rings is 1. The number of rotatable bonds is 14. The maximum atomic E-state index is 11.9. The summed E-state index contributed by atoms with van der Waals surface area (Å²) >= 11 is 0. The Morgan fingerprint density at radius 1 is 1.06 bits per heavy atom. The lowest BCUT2D eigenvalue weighted by molar-refractivity contribution is -0.144. The van der Waals surface area contributed by atoms with Gasteiger partial charge in [-0.1, -0.05) is 69.9 Å². The minimum absolute atomic E-state index is 0.0632. The Morgan fingerprint density at radius 2 is 1.89 bits per heavy atom. The largest absolute Gasteiger partial charge is 0.464 e. The van der Waals surface area contributed by atoms with Crippen molar-refractivity contribution in [2.45, 2.75) is 110 Å². The average molecular weight is 500 g/mol. The van der Waals surface area contributed by atoms with E-state index in [1.165, 1.54) is 70.6 Å². The van der Waals surface area contributed by atoms with Crippen molar-refractivity contribution in [3.63, 3.8) is 0 Å². The molecule has 4 heteroatoms. The molecule has 0 aromatic heterocycles. The van der Waals surface area contributed by atoms with E-state index in [1.807, 2.05) is 0 Å². The van der Waals surface area contributed by atoms with E-state index >= 15 is 0 Å². The van der Waals surface area contributed by atoms with Crippen molar-refractivity contribution >= 4 is 5.97 Å². The number of hydrogen-bond donors (Lipinski definition) is 0. The Balaban J connectivity index is 1.21. The smallest absolute Gasteiger partial charge is 0.305 e. The zero-order chi connectivity index (χ0) is 25.3. The van der Waals surface area contributed by atoms with Crippen molar-refractivity contribution in [2.24, 2.45) is 23.7 Å². The number of nitrogens with zero attached hydrogens (tertiary/aromatic N) is 1. The number of hydrogen-bond acceptors (Lipinski definition) is 4. The van der Waals surface area contributed by atoms with Crippen LogP contribution in [-0.4, -0.2) is 50.3 Å². The highest BCUT2D eigenvalue weighted by atomic mass is 16.5. The van der Waals surface area contributed by atoms with Crippen LogP contribution in [0, 0.1) is 35.5 Å². The summed E-state index contributed by atoms with van der Waals surface area (Å²) in [5.74, 6) is 10.4. The van der Waals surface area contributed by atoms with Crippen LogP contribution in [0.4, 0.5) is 0 Å². The summed E-state index contributed by atoms with van der Waals surface area (Å²) in [5.41, 5.74) is 0. The molecule has 0 spiro atoms. The van der Waals surface area contributed by atoms with Gasteiger partial charge in [0.2, 0.25) is 0 Å². The topological polar surface area (TPSA) is 38.8 Å². The molecule has 0 radical (unpaired) electrons. The highest BCUT2D eigenvalue weighted by Crippen LogP contribution is 2.35. The lowest BCUT2D eigenvalue weighted by Crippen LogP contribution is -2.38. The molecule has 1 aliphatic heterocycles. The molecule has 3 atom stereocenters. The molecule has 0 aromatic rings. The molecular formula is C32H53NO3. The molecule has 2 aliphatic carbocycles. The van der Waals surface area contributed by atoms with Crippen molar-refractivity contribution < 1.29 is 14.3 Å². The summed E-state index contributed by atoms with van der Waals surface area (Å²) in [6, 6.07) is 0. The first-order valence-electron chi connectivity index (χ1n) is 15.4. The zero-order valence-electron chi connectivity index (χ0n) is 23.2. The normalized spacial score (nSPS) is 24.5. The number of allylic oxidation sites excluding steroid dienone is 2. The highest BCUT2D eigenvalue weighted by molar-refractivity contribution is 5.69. The average Bonchev–Trinajstić information content (AvgIpc) is 3.36. The van der Waals surface area contributed by atoms with Gasteiger partial charge in [-0.2, -0.15) is 0 Å². The van der Waals surface area contributed by atoms with Gasteiger partial charge in [-0.25, -0.2) is 0 Å². The van der Waals surface area contributed by atoms with Crippen molar-refractivity contribution in [1.29, 1.82) is 0 Å². The van der Waals surface area contributed by atoms with E-state index in [4.69, 9.17) is 9.47 Å². The van der Waals surface area contributed by atoms with Crippen LogP contribution < -0.4 is 0 Å². The van der Waals surface area contributed by atoms with Gasteiger partial charge < -0.3 is 9.47 Å².